The maximum absolute atomic E-state index is 12.6. The molecular formula is C15H16ClF3N2O4. The molecule has 0 radical (unpaired) electrons. The molecule has 1 heterocycles. The monoisotopic (exact) mass is 380 g/mol. The molecule has 2 rings (SSSR count). The summed E-state index contributed by atoms with van der Waals surface area (Å²) in [6.45, 7) is 0.722. The number of carbonyl (C=O) groups excluding carboxylic acids is 3. The van der Waals surface area contributed by atoms with E-state index in [2.05, 4.69) is 4.74 Å². The lowest BCUT2D eigenvalue weighted by Gasteiger charge is -2.16. The fourth-order valence-corrected chi connectivity index (χ4v) is 2.88. The number of carbonyl (C=O) groups is 3. The molecule has 25 heavy (non-hydrogen) atoms. The molecule has 1 aliphatic carbocycles. The van der Waals surface area contributed by atoms with Crippen molar-refractivity contribution in [3.63, 3.8) is 0 Å². The van der Waals surface area contributed by atoms with Gasteiger partial charge in [0.1, 0.15) is 11.7 Å². The molecule has 0 saturated heterocycles. The maximum Gasteiger partial charge on any atom is 0.408 e. The van der Waals surface area contributed by atoms with Crippen LogP contribution in [0.5, 0.6) is 0 Å². The number of rotatable bonds is 5. The first-order chi connectivity index (χ1) is 11.5. The minimum absolute atomic E-state index is 0.0901. The first-order valence-corrected chi connectivity index (χ1v) is 7.76. The maximum atomic E-state index is 12.6. The summed E-state index contributed by atoms with van der Waals surface area (Å²) in [5, 5.41) is 1.31. The second kappa shape index (κ2) is 6.70. The van der Waals surface area contributed by atoms with Gasteiger partial charge in [0.25, 0.3) is 11.7 Å². The Morgan fingerprint density at radius 1 is 1.32 bits per heavy atom. The highest BCUT2D eigenvalue weighted by atomic mass is 35.5. The summed E-state index contributed by atoms with van der Waals surface area (Å²) >= 11 is 6.10. The molecule has 1 N–H and O–H groups in total. The highest BCUT2D eigenvalue weighted by Crippen LogP contribution is 2.45. The quantitative estimate of drug-likeness (QED) is 0.484. The minimum atomic E-state index is -4.69. The number of ketones is 1. The van der Waals surface area contributed by atoms with Crippen LogP contribution < -0.4 is 5.32 Å². The van der Waals surface area contributed by atoms with Crippen molar-refractivity contribution in [2.24, 2.45) is 7.05 Å². The zero-order chi connectivity index (χ0) is 19.1. The number of alkyl halides is 3. The number of esters is 1. The summed E-state index contributed by atoms with van der Waals surface area (Å²) < 4.78 is 43.7. The Labute approximate surface area is 146 Å². The van der Waals surface area contributed by atoms with Crippen molar-refractivity contribution in [1.82, 2.24) is 9.88 Å². The molecule has 1 aromatic heterocycles. The second-order valence-corrected chi connectivity index (χ2v) is 6.19. The van der Waals surface area contributed by atoms with Crippen LogP contribution in [0.1, 0.15) is 52.2 Å². The van der Waals surface area contributed by atoms with Crippen molar-refractivity contribution < 1.29 is 32.3 Å². The molecule has 138 valence electrons. The third kappa shape index (κ3) is 3.65. The van der Waals surface area contributed by atoms with Crippen LogP contribution in [0.2, 0.25) is 5.02 Å². The van der Waals surface area contributed by atoms with E-state index in [1.165, 1.54) is 11.6 Å². The van der Waals surface area contributed by atoms with Crippen molar-refractivity contribution in [3.05, 3.63) is 22.0 Å². The molecule has 0 unspecified atom stereocenters. The number of nitrogens with one attached hydrogen (secondary N) is 1. The van der Waals surface area contributed by atoms with Gasteiger partial charge in [-0.3, -0.25) is 9.59 Å². The Hall–Kier alpha value is -2.03. The number of methoxy groups -OCH3 is 1. The topological polar surface area (TPSA) is 77.4 Å². The molecule has 1 amide bonds. The minimum Gasteiger partial charge on any atom is -0.464 e. The highest BCUT2D eigenvalue weighted by Gasteiger charge is 2.41. The van der Waals surface area contributed by atoms with Gasteiger partial charge in [-0.25, -0.2) is 4.79 Å². The van der Waals surface area contributed by atoms with Crippen LogP contribution >= 0.6 is 11.6 Å². The number of Topliss-reactive ketones (excluding diaryl/α,β-unsaturated/α-hetero) is 1. The molecule has 6 nitrogen and oxygen atoms in total. The molecule has 0 bridgehead atoms. The molecule has 1 aliphatic rings. The van der Waals surface area contributed by atoms with Crippen LogP contribution in [0.25, 0.3) is 0 Å². The molecule has 1 fully saturated rings. The van der Waals surface area contributed by atoms with Crippen LogP contribution in [-0.4, -0.2) is 41.6 Å². The summed E-state index contributed by atoms with van der Waals surface area (Å²) in [5.74, 6) is -3.55. The molecule has 0 aliphatic heterocycles. The predicted molar refractivity (Wildman–Crippen MR) is 81.7 cm³/mol. The predicted octanol–water partition coefficient (Wildman–Crippen LogP) is 2.59. The largest absolute Gasteiger partial charge is 0.464 e. The van der Waals surface area contributed by atoms with Crippen LogP contribution in [0.4, 0.5) is 13.2 Å². The summed E-state index contributed by atoms with van der Waals surface area (Å²) in [6, 6.07) is -2.20. The fraction of sp³-hybridized carbons (Fsp3) is 0.533. The third-order valence-corrected chi connectivity index (χ3v) is 4.36. The van der Waals surface area contributed by atoms with Crippen molar-refractivity contribution in [2.45, 2.75) is 37.9 Å². The van der Waals surface area contributed by atoms with Gasteiger partial charge in [-0.2, -0.15) is 13.2 Å². The van der Waals surface area contributed by atoms with Crippen molar-refractivity contribution >= 4 is 29.3 Å². The van der Waals surface area contributed by atoms with Crippen molar-refractivity contribution in [1.29, 1.82) is 0 Å². The van der Waals surface area contributed by atoms with E-state index < -0.39 is 29.9 Å². The number of nitrogens with zero attached hydrogens (tertiary/aromatic N) is 1. The van der Waals surface area contributed by atoms with E-state index in [1.54, 1.807) is 5.32 Å². The Morgan fingerprint density at radius 3 is 2.32 bits per heavy atom. The molecule has 1 aromatic rings. The summed E-state index contributed by atoms with van der Waals surface area (Å²) in [5.41, 5.74) is -0.0183. The Kier molecular flexibility index (Phi) is 5.17. The smallest absolute Gasteiger partial charge is 0.408 e. The zero-order valence-electron chi connectivity index (χ0n) is 13.7. The van der Waals surface area contributed by atoms with Crippen LogP contribution in [0.15, 0.2) is 0 Å². The Bertz CT molecular complexity index is 738. The standard InChI is InChI=1S/C15H16ClF3N2O4/c1-6(15(17,18)19)20-13(23)12(22)8-9(16)11(14(24)25-3)21(2)10(8)7-4-5-7/h6-7H,4-5H2,1-3H3,(H,20,23)/t6-/m1/s1. The first-order valence-electron chi connectivity index (χ1n) is 7.38. The number of aromatic nitrogens is 1. The highest BCUT2D eigenvalue weighted by molar-refractivity contribution is 6.48. The molecular weight excluding hydrogens is 365 g/mol. The average Bonchev–Trinajstić information content (AvgIpc) is 3.31. The van der Waals surface area contributed by atoms with E-state index in [0.717, 1.165) is 26.9 Å². The van der Waals surface area contributed by atoms with Gasteiger partial charge >= 0.3 is 12.1 Å². The van der Waals surface area contributed by atoms with Gasteiger partial charge in [0, 0.05) is 18.7 Å². The van der Waals surface area contributed by atoms with E-state index in [-0.39, 0.29) is 22.2 Å². The fourth-order valence-electron chi connectivity index (χ4n) is 2.50. The lowest BCUT2D eigenvalue weighted by atomic mass is 10.1. The summed E-state index contributed by atoms with van der Waals surface area (Å²) in [4.78, 5) is 36.3. The SMILES string of the molecule is COC(=O)c1c(Cl)c(C(=O)C(=O)N[C@H](C)C(F)(F)F)c(C2CC2)n1C. The molecule has 10 heteroatoms. The van der Waals surface area contributed by atoms with Crippen LogP contribution in [0, 0.1) is 0 Å². The van der Waals surface area contributed by atoms with Crippen molar-refractivity contribution in [3.8, 4) is 0 Å². The van der Waals surface area contributed by atoms with Gasteiger partial charge in [-0.15, -0.1) is 0 Å². The molecule has 1 atom stereocenters. The number of halogens is 4. The zero-order valence-corrected chi connectivity index (χ0v) is 14.4. The van der Waals surface area contributed by atoms with Gasteiger partial charge in [-0.05, 0) is 19.8 Å². The third-order valence-electron chi connectivity index (χ3n) is 3.99. The van der Waals surface area contributed by atoms with E-state index in [9.17, 15) is 27.6 Å². The van der Waals surface area contributed by atoms with E-state index in [1.807, 2.05) is 0 Å². The number of hydrogen-bond donors (Lipinski definition) is 1. The molecule has 0 spiro atoms. The van der Waals surface area contributed by atoms with Gasteiger partial charge in [0.15, 0.2) is 0 Å². The van der Waals surface area contributed by atoms with Gasteiger partial charge < -0.3 is 14.6 Å². The first kappa shape index (κ1) is 19.3. The number of ether oxygens (including phenoxy) is 1. The van der Waals surface area contributed by atoms with E-state index in [0.29, 0.717) is 5.69 Å². The number of hydrogen-bond acceptors (Lipinski definition) is 4. The van der Waals surface area contributed by atoms with E-state index >= 15 is 0 Å². The van der Waals surface area contributed by atoms with Crippen LogP contribution in [0.3, 0.4) is 0 Å². The van der Waals surface area contributed by atoms with Gasteiger partial charge in [0.2, 0.25) is 0 Å². The molecule has 0 aromatic carbocycles. The van der Waals surface area contributed by atoms with Gasteiger partial charge in [-0.1, -0.05) is 11.6 Å². The van der Waals surface area contributed by atoms with Gasteiger partial charge in [0.05, 0.1) is 17.7 Å². The lowest BCUT2D eigenvalue weighted by Crippen LogP contribution is -2.45. The normalized spacial score (nSPS) is 15.6. The Morgan fingerprint density at radius 2 is 1.88 bits per heavy atom. The lowest BCUT2D eigenvalue weighted by molar-refractivity contribution is -0.156. The second-order valence-electron chi connectivity index (χ2n) is 5.81. The average molecular weight is 381 g/mol. The number of amides is 1. The van der Waals surface area contributed by atoms with Crippen LogP contribution in [-0.2, 0) is 16.6 Å². The van der Waals surface area contributed by atoms with E-state index in [4.69, 9.17) is 11.6 Å². The summed E-state index contributed by atoms with van der Waals surface area (Å²) in [6.07, 6.45) is -3.25. The van der Waals surface area contributed by atoms with Crippen molar-refractivity contribution in [2.75, 3.05) is 7.11 Å². The molecule has 1 saturated carbocycles. The Balaban J connectivity index is 2.42. The summed E-state index contributed by atoms with van der Waals surface area (Å²) in [7, 11) is 2.61.